The third-order valence-corrected chi connectivity index (χ3v) is 3.33. The van der Waals surface area contributed by atoms with Gasteiger partial charge in [0.1, 0.15) is 0 Å². The minimum absolute atomic E-state index is 0.199. The zero-order chi connectivity index (χ0) is 9.14. The van der Waals surface area contributed by atoms with E-state index >= 15 is 0 Å². The Morgan fingerprint density at radius 2 is 2.33 bits per heavy atom. The Balaban J connectivity index is 3.04. The van der Waals surface area contributed by atoms with E-state index in [0.717, 1.165) is 11.3 Å². The van der Waals surface area contributed by atoms with Gasteiger partial charge in [-0.05, 0) is 25.0 Å². The number of rotatable bonds is 3. The third kappa shape index (κ3) is 1.96. The van der Waals surface area contributed by atoms with Gasteiger partial charge in [0.2, 0.25) is 0 Å². The lowest BCUT2D eigenvalue weighted by Crippen LogP contribution is -1.99. The fraction of sp³-hybridized carbons (Fsp3) is 0.444. The summed E-state index contributed by atoms with van der Waals surface area (Å²) in [5.41, 5.74) is 1.18. The van der Waals surface area contributed by atoms with Gasteiger partial charge in [-0.15, -0.1) is 11.3 Å². The van der Waals surface area contributed by atoms with Crippen molar-refractivity contribution in [3.05, 3.63) is 21.4 Å². The summed E-state index contributed by atoms with van der Waals surface area (Å²) in [5.74, 6) is 0.199. The van der Waals surface area contributed by atoms with Crippen LogP contribution in [0.25, 0.3) is 0 Å². The molecule has 0 saturated heterocycles. The van der Waals surface area contributed by atoms with E-state index in [9.17, 15) is 4.79 Å². The molecular weight excluding hydrogens is 236 g/mol. The summed E-state index contributed by atoms with van der Waals surface area (Å²) in [5, 5.41) is 0.431. The van der Waals surface area contributed by atoms with Gasteiger partial charge in [0.15, 0.2) is 5.78 Å². The minimum Gasteiger partial charge on any atom is -0.292 e. The molecule has 1 aromatic heterocycles. The number of Topliss-reactive ketones (excluding diaryl/α,β-unsaturated/α-hetero) is 1. The normalized spacial score (nSPS) is 10.2. The number of aryl methyl sites for hydroxylation is 2. The molecule has 0 aliphatic heterocycles. The second kappa shape index (κ2) is 4.19. The van der Waals surface area contributed by atoms with Gasteiger partial charge < -0.3 is 0 Å². The Labute approximate surface area is 84.9 Å². The van der Waals surface area contributed by atoms with Crippen LogP contribution >= 0.6 is 27.3 Å². The molecule has 1 heterocycles. The first-order valence-electron chi connectivity index (χ1n) is 3.87. The molecule has 0 N–H and O–H groups in total. The first-order valence-corrected chi connectivity index (χ1v) is 5.81. The van der Waals surface area contributed by atoms with E-state index in [1.54, 1.807) is 11.3 Å². The van der Waals surface area contributed by atoms with Crippen LogP contribution in [-0.2, 0) is 6.42 Å². The van der Waals surface area contributed by atoms with E-state index in [2.05, 4.69) is 28.9 Å². The largest absolute Gasteiger partial charge is 0.292 e. The van der Waals surface area contributed by atoms with E-state index in [4.69, 9.17) is 0 Å². The molecule has 1 aromatic rings. The smallest absolute Gasteiger partial charge is 0.183 e. The van der Waals surface area contributed by atoms with Crippen LogP contribution in [0.1, 0.15) is 27.0 Å². The molecule has 1 rings (SSSR count). The molecule has 0 fully saturated rings. The summed E-state index contributed by atoms with van der Waals surface area (Å²) in [6.45, 7) is 4.11. The number of ketones is 1. The predicted octanol–water partition coefficient (Wildman–Crippen LogP) is 3.20. The lowest BCUT2D eigenvalue weighted by molar-refractivity contribution is 0.102. The number of carbonyl (C=O) groups excluding carboxylic acids is 1. The Morgan fingerprint density at radius 3 is 2.83 bits per heavy atom. The Hall–Kier alpha value is -0.150. The maximum atomic E-state index is 11.4. The Morgan fingerprint density at radius 1 is 1.67 bits per heavy atom. The monoisotopic (exact) mass is 246 g/mol. The van der Waals surface area contributed by atoms with Crippen LogP contribution in [0.4, 0.5) is 0 Å². The SMILES string of the molecule is CCc1cc(C)sc1C(=O)CBr. The number of carbonyl (C=O) groups is 1. The van der Waals surface area contributed by atoms with Crippen LogP contribution < -0.4 is 0 Å². The van der Waals surface area contributed by atoms with E-state index in [1.807, 2.05) is 6.92 Å². The molecule has 0 saturated carbocycles. The lowest BCUT2D eigenvalue weighted by Gasteiger charge is -1.95. The van der Waals surface area contributed by atoms with Gasteiger partial charge in [0.25, 0.3) is 0 Å². The first-order chi connectivity index (χ1) is 5.69. The summed E-state index contributed by atoms with van der Waals surface area (Å²) in [6.07, 6.45) is 0.943. The second-order valence-corrected chi connectivity index (χ2v) is 4.44. The summed E-state index contributed by atoms with van der Waals surface area (Å²) in [6, 6.07) is 2.10. The van der Waals surface area contributed by atoms with Crippen LogP contribution in [0.3, 0.4) is 0 Å². The van der Waals surface area contributed by atoms with E-state index in [-0.39, 0.29) is 5.78 Å². The van der Waals surface area contributed by atoms with Crippen molar-refractivity contribution < 1.29 is 4.79 Å². The molecule has 0 aliphatic carbocycles. The van der Waals surface area contributed by atoms with Gasteiger partial charge >= 0.3 is 0 Å². The zero-order valence-electron chi connectivity index (χ0n) is 7.19. The maximum absolute atomic E-state index is 11.4. The minimum atomic E-state index is 0.199. The third-order valence-electron chi connectivity index (χ3n) is 1.69. The quantitative estimate of drug-likeness (QED) is 0.592. The fourth-order valence-electron chi connectivity index (χ4n) is 1.13. The number of hydrogen-bond acceptors (Lipinski definition) is 2. The molecule has 12 heavy (non-hydrogen) atoms. The molecule has 0 aromatic carbocycles. The molecule has 0 bridgehead atoms. The lowest BCUT2D eigenvalue weighted by atomic mass is 10.1. The molecule has 0 radical (unpaired) electrons. The van der Waals surface area contributed by atoms with Crippen molar-refractivity contribution in [2.75, 3.05) is 5.33 Å². The highest BCUT2D eigenvalue weighted by atomic mass is 79.9. The summed E-state index contributed by atoms with van der Waals surface area (Å²) >= 11 is 4.77. The number of thiophene rings is 1. The van der Waals surface area contributed by atoms with Gasteiger partial charge in [-0.3, -0.25) is 4.79 Å². The second-order valence-electron chi connectivity index (χ2n) is 2.62. The van der Waals surface area contributed by atoms with Crippen LogP contribution in [0, 0.1) is 6.92 Å². The Kier molecular flexibility index (Phi) is 3.47. The van der Waals surface area contributed by atoms with Crippen LogP contribution in [0.5, 0.6) is 0 Å². The molecule has 0 atom stereocenters. The fourth-order valence-corrected chi connectivity index (χ4v) is 2.64. The molecule has 3 heteroatoms. The summed E-state index contributed by atoms with van der Waals surface area (Å²) in [7, 11) is 0. The number of alkyl halides is 1. The van der Waals surface area contributed by atoms with Gasteiger partial charge in [-0.1, -0.05) is 22.9 Å². The molecule has 1 nitrogen and oxygen atoms in total. The standard InChI is InChI=1S/C9H11BrOS/c1-3-7-4-6(2)12-9(7)8(11)5-10/h4H,3,5H2,1-2H3. The number of halogens is 1. The first kappa shape index (κ1) is 9.93. The van der Waals surface area contributed by atoms with Crippen LogP contribution in [-0.4, -0.2) is 11.1 Å². The highest BCUT2D eigenvalue weighted by Crippen LogP contribution is 2.23. The highest BCUT2D eigenvalue weighted by Gasteiger charge is 2.11. The molecular formula is C9H11BrOS. The van der Waals surface area contributed by atoms with E-state index < -0.39 is 0 Å². The van der Waals surface area contributed by atoms with E-state index in [0.29, 0.717) is 5.33 Å². The number of hydrogen-bond donors (Lipinski definition) is 0. The van der Waals surface area contributed by atoms with Crippen molar-refractivity contribution in [3.8, 4) is 0 Å². The Bertz CT molecular complexity index is 291. The predicted molar refractivity (Wildman–Crippen MR) is 56.6 cm³/mol. The van der Waals surface area contributed by atoms with Crippen molar-refractivity contribution in [2.45, 2.75) is 20.3 Å². The van der Waals surface area contributed by atoms with Crippen molar-refractivity contribution in [1.29, 1.82) is 0 Å². The highest BCUT2D eigenvalue weighted by molar-refractivity contribution is 9.09. The van der Waals surface area contributed by atoms with Crippen LogP contribution in [0.15, 0.2) is 6.07 Å². The van der Waals surface area contributed by atoms with E-state index in [1.165, 1.54) is 10.4 Å². The maximum Gasteiger partial charge on any atom is 0.183 e. The van der Waals surface area contributed by atoms with Gasteiger partial charge in [-0.25, -0.2) is 0 Å². The molecule has 0 aliphatic rings. The van der Waals surface area contributed by atoms with Crippen molar-refractivity contribution in [2.24, 2.45) is 0 Å². The van der Waals surface area contributed by atoms with Crippen molar-refractivity contribution >= 4 is 33.0 Å². The van der Waals surface area contributed by atoms with Crippen molar-refractivity contribution in [3.63, 3.8) is 0 Å². The average molecular weight is 247 g/mol. The summed E-state index contributed by atoms with van der Waals surface area (Å²) in [4.78, 5) is 13.5. The van der Waals surface area contributed by atoms with Crippen LogP contribution in [0.2, 0.25) is 0 Å². The topological polar surface area (TPSA) is 17.1 Å². The molecule has 66 valence electrons. The van der Waals surface area contributed by atoms with Gasteiger partial charge in [0, 0.05) is 4.88 Å². The molecule has 0 unspecified atom stereocenters. The average Bonchev–Trinajstić information content (AvgIpc) is 2.45. The molecule has 0 spiro atoms. The van der Waals surface area contributed by atoms with Gasteiger partial charge in [0.05, 0.1) is 10.2 Å². The van der Waals surface area contributed by atoms with Gasteiger partial charge in [-0.2, -0.15) is 0 Å². The van der Waals surface area contributed by atoms with Crippen molar-refractivity contribution in [1.82, 2.24) is 0 Å². The summed E-state index contributed by atoms with van der Waals surface area (Å²) < 4.78 is 0. The zero-order valence-corrected chi connectivity index (χ0v) is 9.59. The molecule has 0 amide bonds.